The van der Waals surface area contributed by atoms with E-state index in [1.54, 1.807) is 5.56 Å². The molecule has 57 valence electrons. The van der Waals surface area contributed by atoms with E-state index in [1.165, 1.54) is 24.8 Å². The van der Waals surface area contributed by atoms with Crippen LogP contribution in [0.15, 0.2) is 18.2 Å². The Kier molecular flexibility index (Phi) is 1.69. The highest BCUT2D eigenvalue weighted by Crippen LogP contribution is 2.30. The Hall–Kier alpha value is -0.780. The highest BCUT2D eigenvalue weighted by atomic mass is 14.2. The molecule has 1 aliphatic rings. The fraction of sp³-hybridized carbons (Fsp3) is 0.455. The van der Waals surface area contributed by atoms with E-state index in [0.717, 1.165) is 5.92 Å². The lowest BCUT2D eigenvalue weighted by Gasteiger charge is -2.21. The monoisotopic (exact) mass is 145 g/mol. The highest BCUT2D eigenvalue weighted by Gasteiger charge is 2.14. The minimum absolute atomic E-state index is 0.760. The lowest BCUT2D eigenvalue weighted by molar-refractivity contribution is 0.590. The molecule has 0 heteroatoms. The molecule has 0 aliphatic heterocycles. The maximum Gasteiger partial charge on any atom is -0.0181 e. The van der Waals surface area contributed by atoms with E-state index in [4.69, 9.17) is 0 Å². The molecule has 2 rings (SSSR count). The van der Waals surface area contributed by atoms with Crippen LogP contribution in [0.2, 0.25) is 0 Å². The number of fused-ring (bicyclic) bond motifs is 1. The first-order valence-corrected chi connectivity index (χ1v) is 4.37. The van der Waals surface area contributed by atoms with Gasteiger partial charge < -0.3 is 0 Å². The third-order valence-electron chi connectivity index (χ3n) is 2.60. The zero-order valence-corrected chi connectivity index (χ0v) is 6.93. The van der Waals surface area contributed by atoms with Gasteiger partial charge in [-0.25, -0.2) is 0 Å². The molecular weight excluding hydrogens is 132 g/mol. The summed E-state index contributed by atoms with van der Waals surface area (Å²) >= 11 is 0. The van der Waals surface area contributed by atoms with Crippen LogP contribution in [0.25, 0.3) is 0 Å². The van der Waals surface area contributed by atoms with E-state index < -0.39 is 0 Å². The molecule has 0 amide bonds. The molecule has 0 aromatic heterocycles. The smallest absolute Gasteiger partial charge is 0.0181 e. The van der Waals surface area contributed by atoms with Crippen molar-refractivity contribution in [3.63, 3.8) is 0 Å². The lowest BCUT2D eigenvalue weighted by Crippen LogP contribution is -2.05. The highest BCUT2D eigenvalue weighted by molar-refractivity contribution is 5.31. The molecule has 0 saturated carbocycles. The normalized spacial score (nSPS) is 22.8. The Bertz CT molecular complexity index is 250. The second kappa shape index (κ2) is 2.69. The van der Waals surface area contributed by atoms with E-state index in [-0.39, 0.29) is 0 Å². The second-order valence-electron chi connectivity index (χ2n) is 3.42. The van der Waals surface area contributed by atoms with Crippen LogP contribution in [-0.4, -0.2) is 0 Å². The maximum absolute atomic E-state index is 3.15. The Labute approximate surface area is 68.3 Å². The lowest BCUT2D eigenvalue weighted by atomic mass is 9.84. The van der Waals surface area contributed by atoms with Gasteiger partial charge in [0.15, 0.2) is 0 Å². The summed E-state index contributed by atoms with van der Waals surface area (Å²) in [5.74, 6) is 0.760. The Morgan fingerprint density at radius 3 is 3.27 bits per heavy atom. The number of benzene rings is 1. The van der Waals surface area contributed by atoms with Crippen LogP contribution in [0.4, 0.5) is 0 Å². The third-order valence-corrected chi connectivity index (χ3v) is 2.60. The minimum atomic E-state index is 0.760. The van der Waals surface area contributed by atoms with Crippen LogP contribution in [0, 0.1) is 6.07 Å². The van der Waals surface area contributed by atoms with Crippen molar-refractivity contribution < 1.29 is 0 Å². The average Bonchev–Trinajstić information content (AvgIpc) is 2.06. The van der Waals surface area contributed by atoms with Gasteiger partial charge in [0.25, 0.3) is 0 Å². The molecule has 1 aromatic rings. The standard InChI is InChI=1S/C11H13/c1-9-5-4-7-10-6-2-3-8-11(9)10/h2,6,8-9H,4-5,7H2,1H3. The largest absolute Gasteiger partial charge is 0.0584 e. The fourth-order valence-corrected chi connectivity index (χ4v) is 1.92. The molecule has 0 fully saturated rings. The average molecular weight is 145 g/mol. The molecule has 0 bridgehead atoms. The first-order valence-electron chi connectivity index (χ1n) is 4.37. The third kappa shape index (κ3) is 1.18. The van der Waals surface area contributed by atoms with Crippen molar-refractivity contribution in [2.45, 2.75) is 32.1 Å². The Morgan fingerprint density at radius 1 is 1.55 bits per heavy atom. The fourth-order valence-electron chi connectivity index (χ4n) is 1.92. The zero-order valence-electron chi connectivity index (χ0n) is 6.93. The van der Waals surface area contributed by atoms with Crippen molar-refractivity contribution >= 4 is 0 Å². The van der Waals surface area contributed by atoms with Crippen molar-refractivity contribution in [2.24, 2.45) is 0 Å². The number of aryl methyl sites for hydroxylation is 1. The minimum Gasteiger partial charge on any atom is -0.0584 e. The molecule has 1 aliphatic carbocycles. The molecule has 1 atom stereocenters. The van der Waals surface area contributed by atoms with Gasteiger partial charge >= 0.3 is 0 Å². The van der Waals surface area contributed by atoms with Crippen molar-refractivity contribution in [2.75, 3.05) is 0 Å². The molecule has 0 saturated heterocycles. The van der Waals surface area contributed by atoms with Crippen LogP contribution >= 0.6 is 0 Å². The van der Waals surface area contributed by atoms with Gasteiger partial charge in [-0.2, -0.15) is 0 Å². The van der Waals surface area contributed by atoms with Crippen LogP contribution < -0.4 is 0 Å². The summed E-state index contributed by atoms with van der Waals surface area (Å²) in [6.45, 7) is 2.31. The molecule has 0 N–H and O–H groups in total. The van der Waals surface area contributed by atoms with E-state index in [1.807, 2.05) is 6.07 Å². The predicted molar refractivity (Wildman–Crippen MR) is 46.6 cm³/mol. The SMILES string of the molecule is CC1CCCc2cc[c]cc21. The van der Waals surface area contributed by atoms with E-state index >= 15 is 0 Å². The van der Waals surface area contributed by atoms with Crippen LogP contribution in [0.5, 0.6) is 0 Å². The van der Waals surface area contributed by atoms with Crippen molar-refractivity contribution in [3.05, 3.63) is 35.4 Å². The quantitative estimate of drug-likeness (QED) is 0.526. The first kappa shape index (κ1) is 6.90. The van der Waals surface area contributed by atoms with Gasteiger partial charge in [-0.15, -0.1) is 0 Å². The molecule has 11 heavy (non-hydrogen) atoms. The van der Waals surface area contributed by atoms with Crippen molar-refractivity contribution in [1.82, 2.24) is 0 Å². The molecular formula is C11H13. The first-order chi connectivity index (χ1) is 5.38. The summed E-state index contributed by atoms with van der Waals surface area (Å²) in [6, 6.07) is 9.54. The predicted octanol–water partition coefficient (Wildman–Crippen LogP) is 2.93. The summed E-state index contributed by atoms with van der Waals surface area (Å²) < 4.78 is 0. The summed E-state index contributed by atoms with van der Waals surface area (Å²) in [6.07, 6.45) is 3.98. The molecule has 1 aromatic carbocycles. The summed E-state index contributed by atoms with van der Waals surface area (Å²) in [5, 5.41) is 0. The van der Waals surface area contributed by atoms with Crippen LogP contribution in [0.1, 0.15) is 36.8 Å². The van der Waals surface area contributed by atoms with E-state index in [9.17, 15) is 0 Å². The maximum atomic E-state index is 3.15. The topological polar surface area (TPSA) is 0 Å². The van der Waals surface area contributed by atoms with Gasteiger partial charge in [0.1, 0.15) is 0 Å². The van der Waals surface area contributed by atoms with Gasteiger partial charge in [-0.3, -0.25) is 0 Å². The van der Waals surface area contributed by atoms with Gasteiger partial charge in [0.2, 0.25) is 0 Å². The van der Waals surface area contributed by atoms with Crippen molar-refractivity contribution in [1.29, 1.82) is 0 Å². The molecule has 1 radical (unpaired) electrons. The number of hydrogen-bond acceptors (Lipinski definition) is 0. The zero-order chi connectivity index (χ0) is 7.68. The van der Waals surface area contributed by atoms with E-state index in [2.05, 4.69) is 25.1 Å². The number of rotatable bonds is 0. The molecule has 0 nitrogen and oxygen atoms in total. The van der Waals surface area contributed by atoms with Crippen LogP contribution in [0.3, 0.4) is 0 Å². The molecule has 0 heterocycles. The van der Waals surface area contributed by atoms with Gasteiger partial charge in [-0.05, 0) is 42.4 Å². The van der Waals surface area contributed by atoms with Crippen LogP contribution in [-0.2, 0) is 6.42 Å². The van der Waals surface area contributed by atoms with Gasteiger partial charge in [-0.1, -0.05) is 25.1 Å². The summed E-state index contributed by atoms with van der Waals surface area (Å²) in [4.78, 5) is 0. The Balaban J connectivity index is 2.44. The molecule has 1 unspecified atom stereocenters. The summed E-state index contributed by atoms with van der Waals surface area (Å²) in [5.41, 5.74) is 3.07. The second-order valence-corrected chi connectivity index (χ2v) is 3.42. The molecule has 0 spiro atoms. The van der Waals surface area contributed by atoms with Gasteiger partial charge in [0.05, 0.1) is 0 Å². The van der Waals surface area contributed by atoms with Crippen molar-refractivity contribution in [3.8, 4) is 0 Å². The van der Waals surface area contributed by atoms with Gasteiger partial charge in [0, 0.05) is 0 Å². The summed E-state index contributed by atoms with van der Waals surface area (Å²) in [7, 11) is 0. The number of hydrogen-bond donors (Lipinski definition) is 0. The Morgan fingerprint density at radius 2 is 2.45 bits per heavy atom. The van der Waals surface area contributed by atoms with E-state index in [0.29, 0.717) is 0 Å².